The third-order valence-corrected chi connectivity index (χ3v) is 0.0913. The van der Waals surface area contributed by atoms with E-state index >= 15 is 0 Å². The third-order valence-electron chi connectivity index (χ3n) is 0.0913. The Hall–Kier alpha value is 0.0900. The lowest BCUT2D eigenvalue weighted by Gasteiger charge is -1.87. The summed E-state index contributed by atoms with van der Waals surface area (Å²) in [7, 11) is 0. The molecule has 0 aromatic carbocycles. The lowest BCUT2D eigenvalue weighted by atomic mass is 13.0. The summed E-state index contributed by atoms with van der Waals surface area (Å²) in [5.41, 5.74) is 2.31. The van der Waals surface area contributed by atoms with E-state index in [9.17, 15) is 0 Å². The number of halogens is 1. The zero-order chi connectivity index (χ0) is 4.12. The lowest BCUT2D eigenvalue weighted by Crippen LogP contribution is -2.18. The molecule has 6 heavy (non-hydrogen) atoms. The molecule has 0 radical (unpaired) electrons. The van der Waals surface area contributed by atoms with Crippen molar-refractivity contribution in [1.82, 2.24) is 11.3 Å². The van der Waals surface area contributed by atoms with Crippen molar-refractivity contribution in [3.8, 4) is 0 Å². The smallest absolute Gasteiger partial charge is 0.0598 e. The molecule has 0 saturated carbocycles. The van der Waals surface area contributed by atoms with Crippen LogP contribution in [-0.4, -0.2) is 10.4 Å². The Balaban J connectivity index is 0. The molecule has 40 valence electrons. The lowest BCUT2D eigenvalue weighted by molar-refractivity contribution is -0.251. The van der Waals surface area contributed by atoms with Crippen molar-refractivity contribution in [2.24, 2.45) is 0 Å². The van der Waals surface area contributed by atoms with E-state index in [2.05, 4.69) is 4.94 Å². The Morgan fingerprint density at radius 1 is 1.17 bits per heavy atom. The molecule has 0 aromatic heterocycles. The molecule has 0 bridgehead atoms. The van der Waals surface area contributed by atoms with Gasteiger partial charge in [0.25, 0.3) is 0 Å². The highest BCUT2D eigenvalue weighted by Crippen LogP contribution is 1.34. The molecule has 0 atom stereocenters. The number of rotatable bonds is 2. The van der Waals surface area contributed by atoms with Crippen molar-refractivity contribution in [2.45, 2.75) is 0 Å². The molecule has 0 unspecified atom stereocenters. The highest BCUT2D eigenvalue weighted by Gasteiger charge is 1.60. The maximum Gasteiger partial charge on any atom is -0.0598 e. The fourth-order valence-corrected chi connectivity index (χ4v) is 0.0204. The average Bonchev–Trinajstić information content (AvgIpc) is 1.41. The summed E-state index contributed by atoms with van der Waals surface area (Å²) < 4.78 is 0. The molecule has 0 aromatic rings. The van der Waals surface area contributed by atoms with Crippen molar-refractivity contribution >= 4 is 12.4 Å². The molecule has 0 heterocycles. The van der Waals surface area contributed by atoms with E-state index in [0.717, 1.165) is 11.3 Å². The van der Waals surface area contributed by atoms with E-state index < -0.39 is 0 Å². The van der Waals surface area contributed by atoms with Crippen LogP contribution in [0.1, 0.15) is 0 Å². The van der Waals surface area contributed by atoms with Crippen LogP contribution < -0.4 is 11.3 Å². The Labute approximate surface area is 40.1 Å². The first-order valence-electron chi connectivity index (χ1n) is 0.855. The van der Waals surface area contributed by atoms with Gasteiger partial charge in [-0.3, -0.25) is 10.4 Å². The molecule has 0 aliphatic rings. The molecule has 0 amide bonds. The molecular formula is H5ClN2O3. The summed E-state index contributed by atoms with van der Waals surface area (Å²) in [5.74, 6) is 0. The standard InChI is InChI=1S/ClH.H4N2O3/c;3-1-5-2-4/h1H;1-4H. The predicted octanol–water partition coefficient (Wildman–Crippen LogP) is -0.788. The second-order valence-electron chi connectivity index (χ2n) is 0.285. The Morgan fingerprint density at radius 3 is 1.50 bits per heavy atom. The minimum absolute atomic E-state index is 0. The molecule has 0 rings (SSSR count). The Bertz CT molecular complexity index is 16.3. The SMILES string of the molecule is Cl.ONONO. The van der Waals surface area contributed by atoms with Crippen LogP contribution in [-0.2, 0) is 4.94 Å². The highest BCUT2D eigenvalue weighted by molar-refractivity contribution is 5.85. The molecule has 0 saturated heterocycles. The molecule has 0 aliphatic heterocycles. The van der Waals surface area contributed by atoms with Crippen LogP contribution in [0.4, 0.5) is 0 Å². The van der Waals surface area contributed by atoms with Gasteiger partial charge in [0, 0.05) is 0 Å². The van der Waals surface area contributed by atoms with Gasteiger partial charge in [0.15, 0.2) is 0 Å². The maximum atomic E-state index is 7.37. The first kappa shape index (κ1) is 9.43. The zero-order valence-corrected chi connectivity index (χ0v) is 3.53. The van der Waals surface area contributed by atoms with Crippen LogP contribution in [0.25, 0.3) is 0 Å². The normalized spacial score (nSPS) is 7.00. The van der Waals surface area contributed by atoms with Gasteiger partial charge < -0.3 is 0 Å². The maximum absolute atomic E-state index is 7.37. The topological polar surface area (TPSA) is 73.8 Å². The fraction of sp³-hybridized carbons (Fsp3) is 0. The van der Waals surface area contributed by atoms with Crippen molar-refractivity contribution in [3.63, 3.8) is 0 Å². The number of nitrogens with one attached hydrogen (secondary N) is 2. The first-order valence-corrected chi connectivity index (χ1v) is 0.855. The van der Waals surface area contributed by atoms with E-state index in [1.165, 1.54) is 0 Å². The molecule has 5 nitrogen and oxygen atoms in total. The minimum atomic E-state index is 0. The van der Waals surface area contributed by atoms with Gasteiger partial charge in [-0.25, -0.2) is 0 Å². The summed E-state index contributed by atoms with van der Waals surface area (Å²) >= 11 is 0. The summed E-state index contributed by atoms with van der Waals surface area (Å²) in [6.45, 7) is 0. The largest absolute Gasteiger partial charge is 0.291 e. The van der Waals surface area contributed by atoms with Crippen molar-refractivity contribution in [1.29, 1.82) is 0 Å². The summed E-state index contributed by atoms with van der Waals surface area (Å²) in [4.78, 5) is 3.44. The van der Waals surface area contributed by atoms with E-state index in [4.69, 9.17) is 10.4 Å². The minimum Gasteiger partial charge on any atom is -0.291 e. The third kappa shape index (κ3) is 8.94. The summed E-state index contributed by atoms with van der Waals surface area (Å²) in [5, 5.41) is 14.7. The number of hydrogen-bond donors (Lipinski definition) is 4. The predicted molar refractivity (Wildman–Crippen MR) is 18.2 cm³/mol. The van der Waals surface area contributed by atoms with Crippen LogP contribution in [0.3, 0.4) is 0 Å². The molecular weight excluding hydrogens is 111 g/mol. The van der Waals surface area contributed by atoms with Crippen LogP contribution in [0, 0.1) is 0 Å². The van der Waals surface area contributed by atoms with Gasteiger partial charge >= 0.3 is 0 Å². The van der Waals surface area contributed by atoms with Gasteiger partial charge in [-0.1, -0.05) is 11.3 Å². The van der Waals surface area contributed by atoms with Crippen LogP contribution in [0.5, 0.6) is 0 Å². The van der Waals surface area contributed by atoms with E-state index in [1.54, 1.807) is 0 Å². The molecule has 0 spiro atoms. The molecule has 0 aliphatic carbocycles. The van der Waals surface area contributed by atoms with Crippen LogP contribution in [0.2, 0.25) is 0 Å². The summed E-state index contributed by atoms with van der Waals surface area (Å²) in [6, 6.07) is 0. The molecule has 6 heteroatoms. The zero-order valence-electron chi connectivity index (χ0n) is 2.71. The fourth-order valence-electron chi connectivity index (χ4n) is 0.0204. The van der Waals surface area contributed by atoms with Crippen LogP contribution >= 0.6 is 12.4 Å². The Kier molecular flexibility index (Phi) is 14.0. The monoisotopic (exact) mass is 116 g/mol. The Morgan fingerprint density at radius 2 is 1.50 bits per heavy atom. The molecule has 0 fully saturated rings. The van der Waals surface area contributed by atoms with Gasteiger partial charge in [-0.05, 0) is 0 Å². The van der Waals surface area contributed by atoms with Gasteiger partial charge in [0.1, 0.15) is 0 Å². The second kappa shape index (κ2) is 8.92. The van der Waals surface area contributed by atoms with E-state index in [1.807, 2.05) is 0 Å². The van der Waals surface area contributed by atoms with Crippen molar-refractivity contribution in [2.75, 3.05) is 0 Å². The van der Waals surface area contributed by atoms with Gasteiger partial charge in [-0.15, -0.1) is 12.4 Å². The summed E-state index contributed by atoms with van der Waals surface area (Å²) in [6.07, 6.45) is 0. The van der Waals surface area contributed by atoms with Gasteiger partial charge in [0.05, 0.1) is 0 Å². The average molecular weight is 117 g/mol. The first-order chi connectivity index (χ1) is 2.41. The van der Waals surface area contributed by atoms with Crippen molar-refractivity contribution in [3.05, 3.63) is 0 Å². The van der Waals surface area contributed by atoms with Gasteiger partial charge in [-0.2, -0.15) is 4.94 Å². The highest BCUT2D eigenvalue weighted by atomic mass is 35.5. The molecule has 4 N–H and O–H groups in total. The van der Waals surface area contributed by atoms with Crippen molar-refractivity contribution < 1.29 is 15.4 Å². The van der Waals surface area contributed by atoms with Crippen LogP contribution in [0.15, 0.2) is 0 Å². The van der Waals surface area contributed by atoms with E-state index in [0.29, 0.717) is 0 Å². The quantitative estimate of drug-likeness (QED) is 0.356. The van der Waals surface area contributed by atoms with Gasteiger partial charge in [0.2, 0.25) is 0 Å². The second-order valence-corrected chi connectivity index (χ2v) is 0.285. The van der Waals surface area contributed by atoms with E-state index in [-0.39, 0.29) is 12.4 Å². The number of hydrogen-bond acceptors (Lipinski definition) is 5.